The van der Waals surface area contributed by atoms with Crippen molar-refractivity contribution in [2.75, 3.05) is 0 Å². The standard InChI is InChI=1S/C10H18O2.C2H6/c1-7-4-5-8(9(11)12)10(2,3)6-7;1-2/h7-8H,4-6H2,1-3H3,(H,11,12);1-2H3/t7-,8?;/m0./s1. The van der Waals surface area contributed by atoms with Crippen LogP contribution < -0.4 is 0 Å². The minimum absolute atomic E-state index is 0.0104. The van der Waals surface area contributed by atoms with Crippen LogP contribution in [0.1, 0.15) is 53.9 Å². The van der Waals surface area contributed by atoms with Crippen LogP contribution in [0.25, 0.3) is 0 Å². The van der Waals surface area contributed by atoms with Gasteiger partial charge in [-0.1, -0.05) is 34.6 Å². The van der Waals surface area contributed by atoms with Crippen LogP contribution in [0.4, 0.5) is 0 Å². The summed E-state index contributed by atoms with van der Waals surface area (Å²) in [6.07, 6.45) is 2.97. The van der Waals surface area contributed by atoms with Crippen molar-refractivity contribution >= 4 is 5.97 Å². The molecule has 0 heterocycles. The summed E-state index contributed by atoms with van der Waals surface area (Å²) in [5, 5.41) is 8.96. The first-order chi connectivity index (χ1) is 6.43. The van der Waals surface area contributed by atoms with Gasteiger partial charge < -0.3 is 5.11 Å². The summed E-state index contributed by atoms with van der Waals surface area (Å²) in [5.41, 5.74) is -0.0104. The van der Waals surface area contributed by atoms with Gasteiger partial charge >= 0.3 is 5.97 Å². The van der Waals surface area contributed by atoms with Crippen LogP contribution in [-0.4, -0.2) is 11.1 Å². The Hall–Kier alpha value is -0.530. The lowest BCUT2D eigenvalue weighted by Crippen LogP contribution is -2.36. The molecule has 0 amide bonds. The molecule has 1 aliphatic carbocycles. The van der Waals surface area contributed by atoms with Crippen LogP contribution in [0.3, 0.4) is 0 Å². The molecule has 0 aromatic rings. The van der Waals surface area contributed by atoms with Crippen LogP contribution in [0, 0.1) is 17.3 Å². The van der Waals surface area contributed by atoms with Gasteiger partial charge in [0.15, 0.2) is 0 Å². The maximum Gasteiger partial charge on any atom is 0.307 e. The molecule has 84 valence electrons. The van der Waals surface area contributed by atoms with Crippen LogP contribution >= 0.6 is 0 Å². The Morgan fingerprint density at radius 3 is 2.14 bits per heavy atom. The van der Waals surface area contributed by atoms with Crippen LogP contribution in [0.2, 0.25) is 0 Å². The molecule has 0 spiro atoms. The van der Waals surface area contributed by atoms with Crippen molar-refractivity contribution in [1.29, 1.82) is 0 Å². The fraction of sp³-hybridized carbons (Fsp3) is 0.917. The van der Waals surface area contributed by atoms with E-state index in [-0.39, 0.29) is 11.3 Å². The quantitative estimate of drug-likeness (QED) is 0.702. The molecule has 0 aromatic heterocycles. The monoisotopic (exact) mass is 200 g/mol. The molecule has 1 rings (SSSR count). The number of aliphatic carboxylic acids is 1. The van der Waals surface area contributed by atoms with Gasteiger partial charge in [-0.2, -0.15) is 0 Å². The minimum atomic E-state index is -0.619. The second-order valence-corrected chi connectivity index (χ2v) is 4.77. The number of carbonyl (C=O) groups is 1. The smallest absolute Gasteiger partial charge is 0.307 e. The van der Waals surface area contributed by atoms with Gasteiger partial charge in [-0.25, -0.2) is 0 Å². The third kappa shape index (κ3) is 3.32. The Kier molecular flexibility index (Phi) is 5.17. The van der Waals surface area contributed by atoms with Gasteiger partial charge in [0.1, 0.15) is 0 Å². The maximum absolute atomic E-state index is 10.9. The van der Waals surface area contributed by atoms with E-state index in [1.54, 1.807) is 0 Å². The molecule has 1 saturated carbocycles. The Morgan fingerprint density at radius 1 is 1.29 bits per heavy atom. The molecular formula is C12H24O2. The molecule has 2 heteroatoms. The van der Waals surface area contributed by atoms with E-state index in [0.717, 1.165) is 19.3 Å². The summed E-state index contributed by atoms with van der Waals surface area (Å²) >= 11 is 0. The normalized spacial score (nSPS) is 30.1. The molecule has 1 N–H and O–H groups in total. The van der Waals surface area contributed by atoms with Gasteiger partial charge in [-0.3, -0.25) is 4.79 Å². The van der Waals surface area contributed by atoms with E-state index in [4.69, 9.17) is 5.11 Å². The summed E-state index contributed by atoms with van der Waals surface area (Å²) < 4.78 is 0. The average molecular weight is 200 g/mol. The lowest BCUT2D eigenvalue weighted by molar-refractivity contribution is -0.148. The Balaban J connectivity index is 0.000000791. The lowest BCUT2D eigenvalue weighted by Gasteiger charge is -2.38. The Bertz CT molecular complexity index is 185. The predicted octanol–water partition coefficient (Wildman–Crippen LogP) is 3.56. The van der Waals surface area contributed by atoms with Crippen molar-refractivity contribution in [1.82, 2.24) is 0 Å². The minimum Gasteiger partial charge on any atom is -0.481 e. The molecule has 0 bridgehead atoms. The highest BCUT2D eigenvalue weighted by Gasteiger charge is 2.39. The molecule has 2 atom stereocenters. The van der Waals surface area contributed by atoms with E-state index >= 15 is 0 Å². The summed E-state index contributed by atoms with van der Waals surface area (Å²) in [7, 11) is 0. The van der Waals surface area contributed by atoms with Gasteiger partial charge in [0, 0.05) is 0 Å². The van der Waals surface area contributed by atoms with Crippen molar-refractivity contribution in [3.63, 3.8) is 0 Å². The highest BCUT2D eigenvalue weighted by molar-refractivity contribution is 5.71. The van der Waals surface area contributed by atoms with E-state index < -0.39 is 5.97 Å². The molecule has 2 nitrogen and oxygen atoms in total. The number of rotatable bonds is 1. The van der Waals surface area contributed by atoms with Gasteiger partial charge in [-0.15, -0.1) is 0 Å². The van der Waals surface area contributed by atoms with Gasteiger partial charge in [0.25, 0.3) is 0 Å². The number of hydrogen-bond acceptors (Lipinski definition) is 1. The molecule has 0 saturated heterocycles. The third-order valence-corrected chi connectivity index (χ3v) is 3.06. The molecule has 0 aliphatic heterocycles. The van der Waals surface area contributed by atoms with Gasteiger partial charge in [0.05, 0.1) is 5.92 Å². The van der Waals surface area contributed by atoms with E-state index in [2.05, 4.69) is 20.8 Å². The molecular weight excluding hydrogens is 176 g/mol. The molecule has 0 radical (unpaired) electrons. The zero-order chi connectivity index (χ0) is 11.4. The van der Waals surface area contributed by atoms with Crippen LogP contribution in [0.15, 0.2) is 0 Å². The molecule has 14 heavy (non-hydrogen) atoms. The van der Waals surface area contributed by atoms with Crippen molar-refractivity contribution in [2.24, 2.45) is 17.3 Å². The zero-order valence-electron chi connectivity index (χ0n) is 10.1. The predicted molar refractivity (Wildman–Crippen MR) is 59.3 cm³/mol. The fourth-order valence-corrected chi connectivity index (χ4v) is 2.44. The molecule has 0 aromatic carbocycles. The van der Waals surface area contributed by atoms with Gasteiger partial charge in [0.2, 0.25) is 0 Å². The molecule has 1 aliphatic rings. The Morgan fingerprint density at radius 2 is 1.79 bits per heavy atom. The highest BCUT2D eigenvalue weighted by atomic mass is 16.4. The summed E-state index contributed by atoms with van der Waals surface area (Å²) in [6, 6.07) is 0. The second kappa shape index (κ2) is 5.38. The summed E-state index contributed by atoms with van der Waals surface area (Å²) in [4.78, 5) is 10.9. The van der Waals surface area contributed by atoms with Crippen LogP contribution in [0.5, 0.6) is 0 Å². The highest BCUT2D eigenvalue weighted by Crippen LogP contribution is 2.43. The topological polar surface area (TPSA) is 37.3 Å². The largest absolute Gasteiger partial charge is 0.481 e. The SMILES string of the molecule is CC.C[C@H]1CCC(C(=O)O)C(C)(C)C1. The summed E-state index contributed by atoms with van der Waals surface area (Å²) in [5.74, 6) is -0.0591. The van der Waals surface area contributed by atoms with Crippen molar-refractivity contribution in [3.05, 3.63) is 0 Å². The van der Waals surface area contributed by atoms with Crippen molar-refractivity contribution in [3.8, 4) is 0 Å². The number of carboxylic acids is 1. The average Bonchev–Trinajstić information content (AvgIpc) is 2.04. The fourth-order valence-electron chi connectivity index (χ4n) is 2.44. The van der Waals surface area contributed by atoms with E-state index in [0.29, 0.717) is 5.92 Å². The second-order valence-electron chi connectivity index (χ2n) is 4.77. The number of hydrogen-bond donors (Lipinski definition) is 1. The van der Waals surface area contributed by atoms with Crippen LogP contribution in [-0.2, 0) is 4.79 Å². The van der Waals surface area contributed by atoms with Crippen molar-refractivity contribution in [2.45, 2.75) is 53.9 Å². The molecule has 1 fully saturated rings. The maximum atomic E-state index is 10.9. The van der Waals surface area contributed by atoms with E-state index in [1.165, 1.54) is 0 Å². The Labute approximate surface area is 87.7 Å². The number of carboxylic acid groups (broad SMARTS) is 1. The first-order valence-corrected chi connectivity index (χ1v) is 5.66. The van der Waals surface area contributed by atoms with Gasteiger partial charge in [-0.05, 0) is 30.6 Å². The molecule has 1 unspecified atom stereocenters. The third-order valence-electron chi connectivity index (χ3n) is 3.06. The zero-order valence-corrected chi connectivity index (χ0v) is 10.1. The lowest BCUT2D eigenvalue weighted by atomic mass is 9.65. The van der Waals surface area contributed by atoms with E-state index in [1.807, 2.05) is 13.8 Å². The van der Waals surface area contributed by atoms with E-state index in [9.17, 15) is 4.79 Å². The summed E-state index contributed by atoms with van der Waals surface area (Å²) in [6.45, 7) is 10.3. The first-order valence-electron chi connectivity index (χ1n) is 5.66. The van der Waals surface area contributed by atoms with Crippen molar-refractivity contribution < 1.29 is 9.90 Å². The first kappa shape index (κ1) is 13.5.